The first-order valence-electron chi connectivity index (χ1n) is 7.77. The van der Waals surface area contributed by atoms with Gasteiger partial charge in [-0.1, -0.05) is 31.9 Å². The van der Waals surface area contributed by atoms with E-state index >= 15 is 0 Å². The number of unbranched alkanes of at least 4 members (excludes halogenated alkanes) is 3. The molecule has 0 saturated heterocycles. The summed E-state index contributed by atoms with van der Waals surface area (Å²) in [6, 6.07) is 0. The van der Waals surface area contributed by atoms with E-state index in [9.17, 15) is 4.79 Å². The van der Waals surface area contributed by atoms with Crippen molar-refractivity contribution in [1.29, 1.82) is 0 Å². The zero-order valence-corrected chi connectivity index (χ0v) is 13.2. The average Bonchev–Trinajstić information content (AvgIpc) is 2.81. The molecule has 0 fully saturated rings. The van der Waals surface area contributed by atoms with Crippen LogP contribution in [0, 0.1) is 0 Å². The molecular formula is C16H28N3O2+. The van der Waals surface area contributed by atoms with E-state index < -0.39 is 5.97 Å². The van der Waals surface area contributed by atoms with E-state index in [4.69, 9.17) is 10.8 Å². The zero-order chi connectivity index (χ0) is 15.7. The summed E-state index contributed by atoms with van der Waals surface area (Å²) >= 11 is 0. The van der Waals surface area contributed by atoms with E-state index in [0.29, 0.717) is 0 Å². The highest BCUT2D eigenvalue weighted by molar-refractivity contribution is 5.81. The number of rotatable bonds is 10. The van der Waals surface area contributed by atoms with Gasteiger partial charge in [-0.25, -0.2) is 14.3 Å². The van der Waals surface area contributed by atoms with Crippen molar-refractivity contribution < 1.29 is 14.4 Å². The Morgan fingerprint density at radius 2 is 2.14 bits per heavy atom. The first-order valence-corrected chi connectivity index (χ1v) is 7.77. The van der Waals surface area contributed by atoms with Gasteiger partial charge in [0.05, 0.1) is 6.20 Å². The van der Waals surface area contributed by atoms with Gasteiger partial charge in [-0.3, -0.25) is 5.73 Å². The highest BCUT2D eigenvalue weighted by Gasteiger charge is 2.40. The first-order chi connectivity index (χ1) is 10.0. The Bertz CT molecular complexity index is 427. The lowest BCUT2D eigenvalue weighted by Crippen LogP contribution is -2.59. The second-order valence-electron chi connectivity index (χ2n) is 5.57. The van der Waals surface area contributed by atoms with Gasteiger partial charge in [-0.15, -0.1) is 0 Å². The SMILES string of the molecule is CCCCC/C=C/CCC1=NC=C[N+]1(CC(=O)O)C(C)N. The number of aliphatic imine (C=N–C) groups is 1. The summed E-state index contributed by atoms with van der Waals surface area (Å²) in [5.74, 6) is -0.0211. The molecule has 0 aliphatic carbocycles. The van der Waals surface area contributed by atoms with E-state index in [0.717, 1.165) is 25.1 Å². The third-order valence-electron chi connectivity index (χ3n) is 3.84. The molecule has 5 nitrogen and oxygen atoms in total. The summed E-state index contributed by atoms with van der Waals surface area (Å²) in [6.45, 7) is 3.98. The molecule has 0 saturated carbocycles. The monoisotopic (exact) mass is 294 g/mol. The lowest BCUT2D eigenvalue weighted by atomic mass is 10.1. The van der Waals surface area contributed by atoms with Crippen molar-refractivity contribution in [3.8, 4) is 0 Å². The van der Waals surface area contributed by atoms with Gasteiger partial charge in [0.25, 0.3) is 0 Å². The second-order valence-corrected chi connectivity index (χ2v) is 5.57. The molecule has 1 heterocycles. The van der Waals surface area contributed by atoms with Crippen molar-refractivity contribution in [1.82, 2.24) is 0 Å². The molecule has 3 N–H and O–H groups in total. The molecule has 21 heavy (non-hydrogen) atoms. The van der Waals surface area contributed by atoms with Crippen LogP contribution in [0.5, 0.6) is 0 Å². The number of carbonyl (C=O) groups is 1. The summed E-state index contributed by atoms with van der Waals surface area (Å²) in [6.07, 6.45) is 14.0. The molecule has 0 spiro atoms. The van der Waals surface area contributed by atoms with Gasteiger partial charge in [-0.05, 0) is 19.3 Å². The maximum Gasteiger partial charge on any atom is 0.360 e. The average molecular weight is 294 g/mol. The van der Waals surface area contributed by atoms with Crippen molar-refractivity contribution in [2.45, 2.75) is 58.5 Å². The number of amidine groups is 1. The number of nitrogens with two attached hydrogens (primary N) is 1. The van der Waals surface area contributed by atoms with Gasteiger partial charge in [0.2, 0.25) is 5.84 Å². The molecule has 0 radical (unpaired) electrons. The molecule has 1 aliphatic rings. The lowest BCUT2D eigenvalue weighted by Gasteiger charge is -2.34. The summed E-state index contributed by atoms with van der Waals surface area (Å²) in [5, 5.41) is 9.12. The summed E-state index contributed by atoms with van der Waals surface area (Å²) in [7, 11) is 0. The highest BCUT2D eigenvalue weighted by Crippen LogP contribution is 2.22. The van der Waals surface area contributed by atoms with Gasteiger partial charge < -0.3 is 5.11 Å². The van der Waals surface area contributed by atoms with Crippen LogP contribution in [0.25, 0.3) is 0 Å². The number of aliphatic carboxylic acids is 1. The topological polar surface area (TPSA) is 75.7 Å². The van der Waals surface area contributed by atoms with Crippen LogP contribution in [0.2, 0.25) is 0 Å². The van der Waals surface area contributed by atoms with Crippen LogP contribution in [0.4, 0.5) is 0 Å². The van der Waals surface area contributed by atoms with Gasteiger partial charge in [0, 0.05) is 13.3 Å². The van der Waals surface area contributed by atoms with Gasteiger partial charge >= 0.3 is 5.97 Å². The highest BCUT2D eigenvalue weighted by atomic mass is 16.4. The van der Waals surface area contributed by atoms with Gasteiger partial charge in [-0.2, -0.15) is 0 Å². The van der Waals surface area contributed by atoms with E-state index in [2.05, 4.69) is 24.1 Å². The molecule has 0 amide bonds. The standard InChI is InChI=1S/C16H27N3O2/c1-3-4-5-6-7-8-9-10-15-18-11-12-19(15,14(2)17)13-16(20)21/h7-8,11-12,14H,3-6,9-10,13,17H2,1-2H3/p+1/b8-7+. The molecule has 0 bridgehead atoms. The predicted molar refractivity (Wildman–Crippen MR) is 85.5 cm³/mol. The summed E-state index contributed by atoms with van der Waals surface area (Å²) in [5.41, 5.74) is 6.02. The Labute approximate surface area is 127 Å². The predicted octanol–water partition coefficient (Wildman–Crippen LogP) is 2.99. The largest absolute Gasteiger partial charge is 0.477 e. The number of carboxylic acid groups (broad SMARTS) is 1. The number of hydrogen-bond acceptors (Lipinski definition) is 3. The van der Waals surface area contributed by atoms with Crippen LogP contribution in [0.15, 0.2) is 29.5 Å². The lowest BCUT2D eigenvalue weighted by molar-refractivity contribution is -0.805. The fraction of sp³-hybridized carbons (Fsp3) is 0.625. The van der Waals surface area contributed by atoms with Crippen LogP contribution in [-0.2, 0) is 4.79 Å². The van der Waals surface area contributed by atoms with Gasteiger partial charge in [0.15, 0.2) is 6.54 Å². The summed E-state index contributed by atoms with van der Waals surface area (Å²) in [4.78, 5) is 15.5. The van der Waals surface area contributed by atoms with Crippen molar-refractivity contribution in [3.05, 3.63) is 24.6 Å². The fourth-order valence-electron chi connectivity index (χ4n) is 2.55. The Morgan fingerprint density at radius 3 is 2.76 bits per heavy atom. The quantitative estimate of drug-likeness (QED) is 0.369. The molecule has 1 aliphatic heterocycles. The molecule has 118 valence electrons. The minimum absolute atomic E-state index is 0.0484. The van der Waals surface area contributed by atoms with Crippen molar-refractivity contribution in [2.24, 2.45) is 10.7 Å². The van der Waals surface area contributed by atoms with Crippen LogP contribution in [0.3, 0.4) is 0 Å². The van der Waals surface area contributed by atoms with Crippen LogP contribution < -0.4 is 5.73 Å². The maximum atomic E-state index is 11.1. The Hall–Kier alpha value is -1.46. The van der Waals surface area contributed by atoms with Crippen LogP contribution >= 0.6 is 0 Å². The number of quaternary nitrogens is 1. The molecule has 0 aromatic carbocycles. The smallest absolute Gasteiger partial charge is 0.360 e. The van der Waals surface area contributed by atoms with Crippen molar-refractivity contribution in [3.63, 3.8) is 0 Å². The minimum Gasteiger partial charge on any atom is -0.477 e. The number of allylic oxidation sites excluding steroid dienone is 2. The van der Waals surface area contributed by atoms with E-state index in [1.165, 1.54) is 19.3 Å². The second kappa shape index (κ2) is 8.74. The fourth-order valence-corrected chi connectivity index (χ4v) is 2.55. The molecule has 2 unspecified atom stereocenters. The van der Waals surface area contributed by atoms with Gasteiger partial charge in [0.1, 0.15) is 12.4 Å². The van der Waals surface area contributed by atoms with Crippen LogP contribution in [0.1, 0.15) is 52.4 Å². The normalized spacial score (nSPS) is 22.7. The number of carboxylic acids is 1. The molecule has 1 rings (SSSR count). The molecule has 2 atom stereocenters. The molecular weight excluding hydrogens is 266 g/mol. The number of hydrogen-bond donors (Lipinski definition) is 2. The zero-order valence-electron chi connectivity index (χ0n) is 13.2. The first kappa shape index (κ1) is 17.6. The molecule has 0 aromatic heterocycles. The number of nitrogens with zero attached hydrogens (tertiary/aromatic N) is 2. The Balaban J connectivity index is 2.52. The van der Waals surface area contributed by atoms with Crippen molar-refractivity contribution >= 4 is 11.8 Å². The van der Waals surface area contributed by atoms with E-state index in [1.807, 2.05) is 6.92 Å². The van der Waals surface area contributed by atoms with Crippen molar-refractivity contribution in [2.75, 3.05) is 6.54 Å². The third-order valence-corrected chi connectivity index (χ3v) is 3.84. The Morgan fingerprint density at radius 1 is 1.43 bits per heavy atom. The van der Waals surface area contributed by atoms with Crippen LogP contribution in [-0.4, -0.2) is 34.1 Å². The van der Waals surface area contributed by atoms with E-state index in [-0.39, 0.29) is 17.2 Å². The minimum atomic E-state index is -0.860. The molecule has 0 aromatic rings. The third kappa shape index (κ3) is 5.10. The van der Waals surface area contributed by atoms with E-state index in [1.54, 1.807) is 12.4 Å². The molecule has 5 heteroatoms. The summed E-state index contributed by atoms with van der Waals surface area (Å²) < 4.78 is 0.138. The maximum absolute atomic E-state index is 11.1. The Kier molecular flexibility index (Phi) is 7.32.